The predicted octanol–water partition coefficient (Wildman–Crippen LogP) is 1.29. The van der Waals surface area contributed by atoms with E-state index in [1.807, 2.05) is 0 Å². The molecule has 2 aromatic rings. The van der Waals surface area contributed by atoms with Crippen LogP contribution in [0.4, 0.5) is 10.2 Å². The van der Waals surface area contributed by atoms with Crippen LogP contribution in [0.3, 0.4) is 0 Å². The zero-order valence-electron chi connectivity index (χ0n) is 8.09. The molecule has 5 nitrogen and oxygen atoms in total. The Kier molecular flexibility index (Phi) is 2.32. The molecular formula is C10H8FN3O2. The number of benzene rings is 1. The zero-order valence-corrected chi connectivity index (χ0v) is 8.09. The van der Waals surface area contributed by atoms with Crippen molar-refractivity contribution in [2.45, 2.75) is 0 Å². The number of halogens is 1. The molecule has 1 aromatic heterocycles. The number of nitrogen functional groups attached to an aromatic ring is 1. The first kappa shape index (κ1) is 10.2. The lowest BCUT2D eigenvalue weighted by Gasteiger charge is -1.99. The third-order valence-corrected chi connectivity index (χ3v) is 2.06. The van der Waals surface area contributed by atoms with Crippen LogP contribution in [0.15, 0.2) is 30.5 Å². The SMILES string of the molecule is Nc1nn(-c2ccc(F)cc2)cc1C(=O)O. The number of carboxylic acid groups (broad SMARTS) is 1. The molecule has 0 saturated heterocycles. The van der Waals surface area contributed by atoms with Crippen LogP contribution in [0.1, 0.15) is 10.4 Å². The van der Waals surface area contributed by atoms with Gasteiger partial charge in [0.2, 0.25) is 0 Å². The van der Waals surface area contributed by atoms with Gasteiger partial charge in [0.05, 0.1) is 5.69 Å². The van der Waals surface area contributed by atoms with E-state index < -0.39 is 5.97 Å². The molecular weight excluding hydrogens is 213 g/mol. The molecule has 0 unspecified atom stereocenters. The monoisotopic (exact) mass is 221 g/mol. The van der Waals surface area contributed by atoms with Crippen molar-refractivity contribution in [1.29, 1.82) is 0 Å². The second-order valence-electron chi connectivity index (χ2n) is 3.15. The average molecular weight is 221 g/mol. The van der Waals surface area contributed by atoms with Gasteiger partial charge >= 0.3 is 5.97 Å². The lowest BCUT2D eigenvalue weighted by molar-refractivity contribution is 0.0698. The molecule has 0 bridgehead atoms. The minimum Gasteiger partial charge on any atom is -0.477 e. The van der Waals surface area contributed by atoms with Crippen LogP contribution in [0, 0.1) is 5.82 Å². The standard InChI is InChI=1S/C10H8FN3O2/c11-6-1-3-7(4-2-6)14-5-8(10(15)16)9(12)13-14/h1-5H,(H2,12,13)(H,15,16). The highest BCUT2D eigenvalue weighted by atomic mass is 19.1. The van der Waals surface area contributed by atoms with Gasteiger partial charge in [0.25, 0.3) is 0 Å². The van der Waals surface area contributed by atoms with Crippen molar-refractivity contribution in [1.82, 2.24) is 9.78 Å². The van der Waals surface area contributed by atoms with Gasteiger partial charge in [0.15, 0.2) is 5.82 Å². The minimum absolute atomic E-state index is 0.0724. The van der Waals surface area contributed by atoms with Gasteiger partial charge in [0.1, 0.15) is 11.4 Å². The minimum atomic E-state index is -1.15. The molecule has 3 N–H and O–H groups in total. The predicted molar refractivity (Wildman–Crippen MR) is 54.9 cm³/mol. The molecule has 1 aromatic carbocycles. The second-order valence-corrected chi connectivity index (χ2v) is 3.15. The van der Waals surface area contributed by atoms with E-state index in [1.54, 1.807) is 0 Å². The summed E-state index contributed by atoms with van der Waals surface area (Å²) in [6.07, 6.45) is 1.28. The van der Waals surface area contributed by atoms with Gasteiger partial charge in [-0.2, -0.15) is 0 Å². The van der Waals surface area contributed by atoms with E-state index in [9.17, 15) is 9.18 Å². The Morgan fingerprint density at radius 1 is 1.38 bits per heavy atom. The normalized spacial score (nSPS) is 10.3. The summed E-state index contributed by atoms with van der Waals surface area (Å²) in [5.74, 6) is -1.59. The summed E-state index contributed by atoms with van der Waals surface area (Å²) >= 11 is 0. The van der Waals surface area contributed by atoms with Crippen molar-refractivity contribution in [2.75, 3.05) is 5.73 Å². The molecule has 0 radical (unpaired) electrons. The molecule has 0 aliphatic heterocycles. The number of rotatable bonds is 2. The molecule has 0 amide bonds. The molecule has 0 aliphatic carbocycles. The molecule has 0 saturated carbocycles. The number of hydrogen-bond acceptors (Lipinski definition) is 3. The Labute approximate surface area is 89.9 Å². The van der Waals surface area contributed by atoms with Gasteiger partial charge in [-0.25, -0.2) is 13.9 Å². The Morgan fingerprint density at radius 3 is 2.50 bits per heavy atom. The maximum Gasteiger partial charge on any atom is 0.341 e. The van der Waals surface area contributed by atoms with Crippen LogP contribution in [-0.2, 0) is 0 Å². The highest BCUT2D eigenvalue weighted by Crippen LogP contribution is 2.14. The number of anilines is 1. The van der Waals surface area contributed by atoms with Crippen LogP contribution in [-0.4, -0.2) is 20.9 Å². The maximum absolute atomic E-state index is 12.7. The van der Waals surface area contributed by atoms with E-state index in [1.165, 1.54) is 35.1 Å². The topological polar surface area (TPSA) is 81.1 Å². The van der Waals surface area contributed by atoms with E-state index in [0.717, 1.165) is 0 Å². The Balaban J connectivity index is 2.45. The third kappa shape index (κ3) is 1.72. The number of carbonyl (C=O) groups is 1. The highest BCUT2D eigenvalue weighted by Gasteiger charge is 2.13. The molecule has 16 heavy (non-hydrogen) atoms. The lowest BCUT2D eigenvalue weighted by atomic mass is 10.3. The molecule has 1 heterocycles. The fourth-order valence-corrected chi connectivity index (χ4v) is 1.28. The number of nitrogens with zero attached hydrogens (tertiary/aromatic N) is 2. The van der Waals surface area contributed by atoms with E-state index >= 15 is 0 Å². The third-order valence-electron chi connectivity index (χ3n) is 2.06. The molecule has 0 aliphatic rings. The summed E-state index contributed by atoms with van der Waals surface area (Å²) in [4.78, 5) is 10.7. The van der Waals surface area contributed by atoms with Crippen molar-refractivity contribution in [3.63, 3.8) is 0 Å². The van der Waals surface area contributed by atoms with Gasteiger partial charge in [-0.05, 0) is 24.3 Å². The molecule has 6 heteroatoms. The average Bonchev–Trinajstić information content (AvgIpc) is 2.61. The van der Waals surface area contributed by atoms with Crippen molar-refractivity contribution in [3.05, 3.63) is 41.8 Å². The van der Waals surface area contributed by atoms with E-state index in [2.05, 4.69) is 5.10 Å². The number of nitrogens with two attached hydrogens (primary N) is 1. The summed E-state index contributed by atoms with van der Waals surface area (Å²) in [7, 11) is 0. The first-order valence-corrected chi connectivity index (χ1v) is 4.42. The second kappa shape index (κ2) is 3.65. The van der Waals surface area contributed by atoms with Gasteiger partial charge < -0.3 is 10.8 Å². The summed E-state index contributed by atoms with van der Waals surface area (Å²) in [5.41, 5.74) is 5.89. The Bertz CT molecular complexity index is 533. The van der Waals surface area contributed by atoms with Crippen LogP contribution in [0.2, 0.25) is 0 Å². The first-order valence-electron chi connectivity index (χ1n) is 4.42. The molecule has 2 rings (SSSR count). The van der Waals surface area contributed by atoms with Gasteiger partial charge in [-0.3, -0.25) is 0 Å². The fourth-order valence-electron chi connectivity index (χ4n) is 1.28. The van der Waals surface area contributed by atoms with Crippen molar-refractivity contribution in [2.24, 2.45) is 0 Å². The Morgan fingerprint density at radius 2 is 2.00 bits per heavy atom. The van der Waals surface area contributed by atoms with Crippen LogP contribution in [0.25, 0.3) is 5.69 Å². The van der Waals surface area contributed by atoms with E-state index in [0.29, 0.717) is 5.69 Å². The quantitative estimate of drug-likeness (QED) is 0.800. The lowest BCUT2D eigenvalue weighted by Crippen LogP contribution is -1.98. The summed E-state index contributed by atoms with van der Waals surface area (Å²) in [5, 5.41) is 12.6. The van der Waals surface area contributed by atoms with Crippen LogP contribution < -0.4 is 5.73 Å². The number of carboxylic acids is 1. The number of hydrogen-bond donors (Lipinski definition) is 2. The van der Waals surface area contributed by atoms with E-state index in [-0.39, 0.29) is 17.2 Å². The highest BCUT2D eigenvalue weighted by molar-refractivity contribution is 5.92. The van der Waals surface area contributed by atoms with Crippen molar-refractivity contribution in [3.8, 4) is 5.69 Å². The van der Waals surface area contributed by atoms with Crippen molar-refractivity contribution < 1.29 is 14.3 Å². The van der Waals surface area contributed by atoms with Crippen molar-refractivity contribution >= 4 is 11.8 Å². The van der Waals surface area contributed by atoms with Gasteiger partial charge in [-0.1, -0.05) is 0 Å². The number of aromatic nitrogens is 2. The van der Waals surface area contributed by atoms with Crippen LogP contribution >= 0.6 is 0 Å². The van der Waals surface area contributed by atoms with E-state index in [4.69, 9.17) is 10.8 Å². The molecule has 0 atom stereocenters. The number of aromatic carboxylic acids is 1. The zero-order chi connectivity index (χ0) is 11.7. The largest absolute Gasteiger partial charge is 0.477 e. The maximum atomic E-state index is 12.7. The Hall–Kier alpha value is -2.37. The van der Waals surface area contributed by atoms with Gasteiger partial charge in [0, 0.05) is 6.20 Å². The molecule has 82 valence electrons. The molecule has 0 spiro atoms. The smallest absolute Gasteiger partial charge is 0.341 e. The summed E-state index contributed by atoms with van der Waals surface area (Å²) in [6.45, 7) is 0. The first-order chi connectivity index (χ1) is 7.58. The summed E-state index contributed by atoms with van der Waals surface area (Å²) < 4.78 is 14.0. The fraction of sp³-hybridized carbons (Fsp3) is 0. The summed E-state index contributed by atoms with van der Waals surface area (Å²) in [6, 6.07) is 5.47. The molecule has 0 fully saturated rings. The van der Waals surface area contributed by atoms with Gasteiger partial charge in [-0.15, -0.1) is 5.10 Å². The van der Waals surface area contributed by atoms with Crippen LogP contribution in [0.5, 0.6) is 0 Å².